The number of benzene rings is 1. The predicted octanol–water partition coefficient (Wildman–Crippen LogP) is 6.21. The Morgan fingerprint density at radius 3 is 1.76 bits per heavy atom. The van der Waals surface area contributed by atoms with Crippen molar-refractivity contribution >= 4 is 15.9 Å². The Labute approximate surface area is 145 Å². The van der Waals surface area contributed by atoms with Crippen LogP contribution in [0.2, 0.25) is 0 Å². The van der Waals surface area contributed by atoms with Gasteiger partial charge in [0, 0.05) is 11.8 Å². The van der Waals surface area contributed by atoms with Gasteiger partial charge in [-0.1, -0.05) is 28.1 Å². The van der Waals surface area contributed by atoms with Gasteiger partial charge in [0.25, 0.3) is 0 Å². The molecule has 0 heterocycles. The number of hydrogen-bond donors (Lipinski definition) is 0. The van der Waals surface area contributed by atoms with Crippen LogP contribution in [0.15, 0.2) is 24.3 Å². The third kappa shape index (κ3) is 4.73. The summed E-state index contributed by atoms with van der Waals surface area (Å²) in [5.74, 6) is -18.8. The number of halogens is 10. The second-order valence-corrected chi connectivity index (χ2v) is 5.64. The first-order chi connectivity index (χ1) is 11.3. The number of rotatable bonds is 8. The van der Waals surface area contributed by atoms with E-state index < -0.39 is 43.4 Å². The van der Waals surface area contributed by atoms with Crippen molar-refractivity contribution in [3.05, 3.63) is 29.8 Å². The Kier molecular flexibility index (Phi) is 6.69. The monoisotopic (exact) mass is 446 g/mol. The second kappa shape index (κ2) is 7.63. The maximum atomic E-state index is 13.3. The molecule has 0 aromatic heterocycles. The van der Waals surface area contributed by atoms with Crippen LogP contribution in [0.1, 0.15) is 18.4 Å². The van der Waals surface area contributed by atoms with E-state index in [4.69, 9.17) is 4.74 Å². The third-order valence-corrected chi connectivity index (χ3v) is 3.84. The molecule has 0 aliphatic heterocycles. The van der Waals surface area contributed by atoms with Crippen LogP contribution in [0, 0.1) is 0 Å². The van der Waals surface area contributed by atoms with E-state index in [0.717, 1.165) is 5.56 Å². The Balaban J connectivity index is 2.64. The standard InChI is InChI=1S/C14H12BrF9O/c15-8-9-2-4-10(5-3-9)25-7-1-6-11(16,17)12(18,19)13(20,21)14(22,23)24/h2-5H,1,6-8H2. The molecule has 1 aromatic carbocycles. The van der Waals surface area contributed by atoms with Gasteiger partial charge in [0.1, 0.15) is 5.75 Å². The van der Waals surface area contributed by atoms with Crippen molar-refractivity contribution < 1.29 is 44.3 Å². The maximum absolute atomic E-state index is 13.3. The lowest BCUT2D eigenvalue weighted by atomic mass is 10.00. The van der Waals surface area contributed by atoms with Crippen LogP contribution in [0.5, 0.6) is 5.75 Å². The molecular formula is C14H12BrF9O. The molecule has 0 fully saturated rings. The van der Waals surface area contributed by atoms with Crippen LogP contribution in [0.3, 0.4) is 0 Å². The van der Waals surface area contributed by atoms with E-state index in [1.165, 1.54) is 12.1 Å². The van der Waals surface area contributed by atoms with Crippen LogP contribution < -0.4 is 4.74 Å². The summed E-state index contributed by atoms with van der Waals surface area (Å²) in [5.41, 5.74) is 0.868. The molecule has 1 aromatic rings. The second-order valence-electron chi connectivity index (χ2n) is 5.08. The summed E-state index contributed by atoms with van der Waals surface area (Å²) < 4.78 is 119. The van der Waals surface area contributed by atoms with Crippen molar-refractivity contribution in [2.24, 2.45) is 0 Å². The highest BCUT2D eigenvalue weighted by molar-refractivity contribution is 9.08. The molecule has 0 spiro atoms. The fourth-order valence-electron chi connectivity index (χ4n) is 1.72. The summed E-state index contributed by atoms with van der Waals surface area (Å²) in [6, 6.07) is 6.16. The molecule has 0 aliphatic carbocycles. The molecule has 0 saturated heterocycles. The highest BCUT2D eigenvalue weighted by Crippen LogP contribution is 2.54. The molecule has 11 heteroatoms. The first kappa shape index (κ1) is 21.9. The predicted molar refractivity (Wildman–Crippen MR) is 74.7 cm³/mol. The minimum Gasteiger partial charge on any atom is -0.494 e. The van der Waals surface area contributed by atoms with Gasteiger partial charge in [-0.25, -0.2) is 0 Å². The van der Waals surface area contributed by atoms with Crippen LogP contribution >= 0.6 is 15.9 Å². The fraction of sp³-hybridized carbons (Fsp3) is 0.571. The van der Waals surface area contributed by atoms with Gasteiger partial charge >= 0.3 is 23.9 Å². The SMILES string of the molecule is FC(F)(F)C(F)(F)C(F)(F)C(F)(F)CCCOc1ccc(CBr)cc1. The summed E-state index contributed by atoms with van der Waals surface area (Å²) in [5, 5.41) is 0.544. The highest BCUT2D eigenvalue weighted by Gasteiger charge is 2.81. The van der Waals surface area contributed by atoms with Crippen LogP contribution in [0.25, 0.3) is 0 Å². The van der Waals surface area contributed by atoms with Gasteiger partial charge in [-0.15, -0.1) is 0 Å². The molecule has 25 heavy (non-hydrogen) atoms. The van der Waals surface area contributed by atoms with Crippen molar-refractivity contribution in [1.82, 2.24) is 0 Å². The third-order valence-electron chi connectivity index (χ3n) is 3.19. The molecule has 0 unspecified atom stereocenters. The summed E-state index contributed by atoms with van der Waals surface area (Å²) in [6.45, 7) is -0.559. The Bertz CT molecular complexity index is 554. The first-order valence-electron chi connectivity index (χ1n) is 6.74. The largest absolute Gasteiger partial charge is 0.494 e. The van der Waals surface area contributed by atoms with Gasteiger partial charge in [0.05, 0.1) is 6.61 Å². The minimum atomic E-state index is -6.85. The molecule has 0 atom stereocenters. The minimum absolute atomic E-state index is 0.209. The lowest BCUT2D eigenvalue weighted by molar-refractivity contribution is -0.396. The fourth-order valence-corrected chi connectivity index (χ4v) is 2.10. The van der Waals surface area contributed by atoms with Gasteiger partial charge < -0.3 is 4.74 Å². The average Bonchev–Trinajstić information content (AvgIpc) is 2.50. The van der Waals surface area contributed by atoms with Crippen molar-refractivity contribution in [2.75, 3.05) is 6.61 Å². The molecule has 0 aliphatic rings. The van der Waals surface area contributed by atoms with E-state index in [1.54, 1.807) is 12.1 Å². The maximum Gasteiger partial charge on any atom is 0.460 e. The van der Waals surface area contributed by atoms with Gasteiger partial charge in [-0.05, 0) is 24.1 Å². The smallest absolute Gasteiger partial charge is 0.460 e. The Morgan fingerprint density at radius 2 is 1.32 bits per heavy atom. The van der Waals surface area contributed by atoms with Crippen LogP contribution in [-0.4, -0.2) is 30.6 Å². The van der Waals surface area contributed by atoms with Gasteiger partial charge in [0.2, 0.25) is 0 Å². The first-order valence-corrected chi connectivity index (χ1v) is 7.86. The van der Waals surface area contributed by atoms with Crippen LogP contribution in [0.4, 0.5) is 39.5 Å². The van der Waals surface area contributed by atoms with Gasteiger partial charge in [0.15, 0.2) is 0 Å². The summed E-state index contributed by atoms with van der Waals surface area (Å²) in [4.78, 5) is 0. The highest BCUT2D eigenvalue weighted by atomic mass is 79.9. The van der Waals surface area contributed by atoms with Crippen LogP contribution in [-0.2, 0) is 5.33 Å². The average molecular weight is 447 g/mol. The number of hydrogen-bond acceptors (Lipinski definition) is 1. The number of alkyl halides is 10. The zero-order valence-electron chi connectivity index (χ0n) is 12.3. The van der Waals surface area contributed by atoms with Crippen molar-refractivity contribution in [2.45, 2.75) is 42.1 Å². The summed E-state index contributed by atoms with van der Waals surface area (Å²) >= 11 is 3.18. The van der Waals surface area contributed by atoms with E-state index >= 15 is 0 Å². The Hall–Kier alpha value is -1.13. The quantitative estimate of drug-likeness (QED) is 0.262. The van der Waals surface area contributed by atoms with E-state index in [2.05, 4.69) is 15.9 Å². The van der Waals surface area contributed by atoms with E-state index in [1.807, 2.05) is 0 Å². The van der Waals surface area contributed by atoms with E-state index in [9.17, 15) is 39.5 Å². The van der Waals surface area contributed by atoms with E-state index in [-0.39, 0.29) is 5.75 Å². The van der Waals surface area contributed by atoms with Gasteiger partial charge in [-0.2, -0.15) is 39.5 Å². The lowest BCUT2D eigenvalue weighted by Gasteiger charge is -2.33. The van der Waals surface area contributed by atoms with Crippen molar-refractivity contribution in [1.29, 1.82) is 0 Å². The van der Waals surface area contributed by atoms with Crippen molar-refractivity contribution in [3.63, 3.8) is 0 Å². The molecule has 0 amide bonds. The molecular weight excluding hydrogens is 435 g/mol. The molecule has 0 N–H and O–H groups in total. The summed E-state index contributed by atoms with van der Waals surface area (Å²) in [7, 11) is 0. The number of ether oxygens (including phenoxy) is 1. The Morgan fingerprint density at radius 1 is 0.800 bits per heavy atom. The molecule has 0 saturated carbocycles. The summed E-state index contributed by atoms with van der Waals surface area (Å²) in [6.07, 6.45) is -9.55. The van der Waals surface area contributed by atoms with Gasteiger partial charge in [-0.3, -0.25) is 0 Å². The zero-order chi connectivity index (χ0) is 19.5. The normalized spacial score (nSPS) is 13.8. The lowest BCUT2D eigenvalue weighted by Crippen LogP contribution is -2.60. The topological polar surface area (TPSA) is 9.23 Å². The van der Waals surface area contributed by atoms with E-state index in [0.29, 0.717) is 5.33 Å². The molecule has 0 radical (unpaired) electrons. The molecule has 1 rings (SSSR count). The zero-order valence-corrected chi connectivity index (χ0v) is 13.9. The molecule has 0 bridgehead atoms. The molecule has 144 valence electrons. The van der Waals surface area contributed by atoms with Crippen molar-refractivity contribution in [3.8, 4) is 5.75 Å². The molecule has 1 nitrogen and oxygen atoms in total.